The van der Waals surface area contributed by atoms with Crippen LogP contribution >= 0.6 is 0 Å². The van der Waals surface area contributed by atoms with Gasteiger partial charge >= 0.3 is 0 Å². The number of non-ortho nitro benzene ring substituents is 1. The Morgan fingerprint density at radius 3 is 2.61 bits per heavy atom. The topological polar surface area (TPSA) is 114 Å². The molecule has 2 aromatic heterocycles. The summed E-state index contributed by atoms with van der Waals surface area (Å²) in [6, 6.07) is 17.2. The molecule has 0 fully saturated rings. The van der Waals surface area contributed by atoms with Crippen LogP contribution in [0.25, 0.3) is 17.0 Å². The number of para-hydroxylation sites is 1. The van der Waals surface area contributed by atoms with Crippen molar-refractivity contribution >= 4 is 34.5 Å². The van der Waals surface area contributed by atoms with E-state index in [-0.39, 0.29) is 5.69 Å². The second-order valence-electron chi connectivity index (χ2n) is 7.27. The quantitative estimate of drug-likeness (QED) is 0.281. The Morgan fingerprint density at radius 2 is 1.85 bits per heavy atom. The first-order valence-electron chi connectivity index (χ1n) is 10.1. The number of aromatic amines is 1. The molecule has 2 aromatic carbocycles. The minimum atomic E-state index is -0.765. The van der Waals surface area contributed by atoms with E-state index in [1.165, 1.54) is 23.2 Å². The number of fused-ring (bicyclic) bond motifs is 1. The summed E-state index contributed by atoms with van der Waals surface area (Å²) in [5.74, 6) is -0.0857. The zero-order chi connectivity index (χ0) is 22.8. The average Bonchev–Trinajstić information content (AvgIpc) is 3.48. The van der Waals surface area contributed by atoms with Crippen molar-refractivity contribution in [3.63, 3.8) is 0 Å². The van der Waals surface area contributed by atoms with E-state index < -0.39 is 17.1 Å². The molecule has 1 aliphatic heterocycles. The van der Waals surface area contributed by atoms with Gasteiger partial charge in [0.1, 0.15) is 0 Å². The van der Waals surface area contributed by atoms with Gasteiger partial charge in [-0.1, -0.05) is 18.2 Å². The number of nitrogens with zero attached hydrogens (tertiary/aromatic N) is 4. The highest BCUT2D eigenvalue weighted by Gasteiger charge is 2.35. The Kier molecular flexibility index (Phi) is 5.12. The monoisotopic (exact) mass is 439 g/mol. The molecule has 9 nitrogen and oxygen atoms in total. The summed E-state index contributed by atoms with van der Waals surface area (Å²) in [5, 5.41) is 17.5. The third-order valence-corrected chi connectivity index (χ3v) is 5.21. The maximum atomic E-state index is 13.1. The van der Waals surface area contributed by atoms with E-state index in [1.54, 1.807) is 48.9 Å². The summed E-state index contributed by atoms with van der Waals surface area (Å²) >= 11 is 0. The number of nitro benzene ring substituents is 1. The summed E-state index contributed by atoms with van der Waals surface area (Å²) in [5.41, 5.74) is 3.02. The number of aromatic nitrogens is 2. The highest BCUT2D eigenvalue weighted by atomic mass is 16.6. The number of ether oxygens (including phenoxy) is 1. The van der Waals surface area contributed by atoms with Gasteiger partial charge in [0.15, 0.2) is 0 Å². The summed E-state index contributed by atoms with van der Waals surface area (Å²) in [6.45, 7) is 0. The molecule has 1 amide bonds. The molecular weight excluding hydrogens is 422 g/mol. The van der Waals surface area contributed by atoms with Gasteiger partial charge in [-0.05, 0) is 42.0 Å². The number of benzene rings is 2. The van der Waals surface area contributed by atoms with Gasteiger partial charge < -0.3 is 9.72 Å². The van der Waals surface area contributed by atoms with Crippen LogP contribution in [0.3, 0.4) is 0 Å². The molecule has 5 rings (SSSR count). The second kappa shape index (κ2) is 8.39. The molecule has 1 atom stereocenters. The van der Waals surface area contributed by atoms with E-state index in [2.05, 4.69) is 15.1 Å². The molecule has 33 heavy (non-hydrogen) atoms. The van der Waals surface area contributed by atoms with E-state index >= 15 is 0 Å². The number of hydrogen-bond donors (Lipinski definition) is 1. The number of nitrogens with one attached hydrogen (secondary N) is 1. The van der Waals surface area contributed by atoms with Gasteiger partial charge in [0.25, 0.3) is 11.6 Å². The molecule has 0 saturated carbocycles. The Bertz CT molecular complexity index is 1390. The number of amides is 1. The molecule has 0 saturated heterocycles. The number of hydrazone groups is 1. The lowest BCUT2D eigenvalue weighted by molar-refractivity contribution is -0.384. The Morgan fingerprint density at radius 1 is 1.09 bits per heavy atom. The predicted molar refractivity (Wildman–Crippen MR) is 122 cm³/mol. The first-order chi connectivity index (χ1) is 16.1. The van der Waals surface area contributed by atoms with Crippen molar-refractivity contribution in [1.82, 2.24) is 15.0 Å². The van der Waals surface area contributed by atoms with E-state index in [1.807, 2.05) is 24.3 Å². The molecular formula is C24H17N5O4. The number of hydrogen-bond acceptors (Lipinski definition) is 6. The fourth-order valence-electron chi connectivity index (χ4n) is 3.56. The average molecular weight is 439 g/mol. The summed E-state index contributed by atoms with van der Waals surface area (Å²) in [4.78, 5) is 30.7. The highest BCUT2D eigenvalue weighted by Crippen LogP contribution is 2.34. The van der Waals surface area contributed by atoms with Gasteiger partial charge in [-0.25, -0.2) is 0 Å². The van der Waals surface area contributed by atoms with Gasteiger partial charge in [0.05, 0.1) is 4.92 Å². The van der Waals surface area contributed by atoms with Crippen molar-refractivity contribution in [3.8, 4) is 0 Å². The maximum Gasteiger partial charge on any atom is 0.270 e. The van der Waals surface area contributed by atoms with Crippen LogP contribution in [0.1, 0.15) is 22.9 Å². The molecule has 1 unspecified atom stereocenters. The van der Waals surface area contributed by atoms with Crippen molar-refractivity contribution in [2.45, 2.75) is 6.23 Å². The molecule has 4 aromatic rings. The Hall–Kier alpha value is -4.79. The lowest BCUT2D eigenvalue weighted by atomic mass is 10.1. The second-order valence-corrected chi connectivity index (χ2v) is 7.27. The molecule has 9 heteroatoms. The smallest absolute Gasteiger partial charge is 0.270 e. The predicted octanol–water partition coefficient (Wildman–Crippen LogP) is 4.40. The lowest BCUT2D eigenvalue weighted by Crippen LogP contribution is -2.26. The molecule has 1 aliphatic rings. The number of carbonyl (C=O) groups is 1. The minimum Gasteiger partial charge on any atom is -0.446 e. The van der Waals surface area contributed by atoms with E-state index in [0.29, 0.717) is 17.0 Å². The number of pyridine rings is 1. The van der Waals surface area contributed by atoms with Gasteiger partial charge in [0, 0.05) is 58.8 Å². The van der Waals surface area contributed by atoms with Crippen molar-refractivity contribution in [1.29, 1.82) is 0 Å². The zero-order valence-electron chi connectivity index (χ0n) is 17.2. The first-order valence-corrected chi connectivity index (χ1v) is 10.1. The van der Waals surface area contributed by atoms with E-state index in [0.717, 1.165) is 16.5 Å². The zero-order valence-corrected chi connectivity index (χ0v) is 17.2. The van der Waals surface area contributed by atoms with Crippen LogP contribution in [0.15, 0.2) is 90.4 Å². The SMILES string of the molecule is O=C(/C=C/c1ccc([N+](=O)[O-])cc1)N1N=C(c2ccncc2)OC1c1c[nH]c2ccccc12. The van der Waals surface area contributed by atoms with E-state index in [4.69, 9.17) is 4.74 Å². The van der Waals surface area contributed by atoms with Crippen LogP contribution in [-0.2, 0) is 9.53 Å². The standard InChI is InChI=1S/C24H17N5O4/c30-22(10-7-16-5-8-18(9-6-16)29(31)32)28-24(20-15-26-21-4-2-1-3-19(20)21)33-23(27-28)17-11-13-25-14-12-17/h1-15,24,26H/b10-7+. The summed E-state index contributed by atoms with van der Waals surface area (Å²) < 4.78 is 6.13. The largest absolute Gasteiger partial charge is 0.446 e. The molecule has 3 heterocycles. The Labute approximate surface area is 187 Å². The molecule has 162 valence electrons. The minimum absolute atomic E-state index is 0.0163. The van der Waals surface area contributed by atoms with Crippen LogP contribution in [0.5, 0.6) is 0 Å². The fourth-order valence-corrected chi connectivity index (χ4v) is 3.56. The summed E-state index contributed by atoms with van der Waals surface area (Å²) in [6.07, 6.45) is 7.24. The number of rotatable bonds is 5. The van der Waals surface area contributed by atoms with Gasteiger partial charge in [-0.3, -0.25) is 19.9 Å². The molecule has 1 N–H and O–H groups in total. The van der Waals surface area contributed by atoms with Gasteiger partial charge in [-0.15, -0.1) is 5.10 Å². The maximum absolute atomic E-state index is 13.1. The third-order valence-electron chi connectivity index (χ3n) is 5.21. The lowest BCUT2D eigenvalue weighted by Gasteiger charge is -2.18. The molecule has 0 bridgehead atoms. The van der Waals surface area contributed by atoms with Crippen LogP contribution in [0, 0.1) is 10.1 Å². The van der Waals surface area contributed by atoms with Crippen LogP contribution in [0.4, 0.5) is 5.69 Å². The fraction of sp³-hybridized carbons (Fsp3) is 0.0417. The number of nitro groups is 1. The van der Waals surface area contributed by atoms with Crippen molar-refractivity contribution in [2.75, 3.05) is 0 Å². The van der Waals surface area contributed by atoms with Crippen molar-refractivity contribution in [3.05, 3.63) is 112 Å². The van der Waals surface area contributed by atoms with Crippen LogP contribution < -0.4 is 0 Å². The van der Waals surface area contributed by atoms with Crippen LogP contribution in [-0.4, -0.2) is 31.7 Å². The molecule has 0 aliphatic carbocycles. The van der Waals surface area contributed by atoms with Crippen LogP contribution in [0.2, 0.25) is 0 Å². The number of carbonyl (C=O) groups excluding carboxylic acids is 1. The van der Waals surface area contributed by atoms with Gasteiger partial charge in [-0.2, -0.15) is 5.01 Å². The van der Waals surface area contributed by atoms with Gasteiger partial charge in [0.2, 0.25) is 12.1 Å². The molecule has 0 spiro atoms. The third kappa shape index (κ3) is 3.94. The number of H-pyrrole nitrogens is 1. The Balaban J connectivity index is 1.47. The van der Waals surface area contributed by atoms with E-state index in [9.17, 15) is 14.9 Å². The first kappa shape index (κ1) is 20.1. The van der Waals surface area contributed by atoms with Crippen molar-refractivity contribution < 1.29 is 14.5 Å². The normalized spacial score (nSPS) is 15.6. The molecule has 0 radical (unpaired) electrons. The summed E-state index contributed by atoms with van der Waals surface area (Å²) in [7, 11) is 0. The van der Waals surface area contributed by atoms with Crippen molar-refractivity contribution in [2.24, 2.45) is 5.10 Å². The highest BCUT2D eigenvalue weighted by molar-refractivity contribution is 5.99.